The molecule has 2 heterocycles. The van der Waals surface area contributed by atoms with Crippen LogP contribution < -0.4 is 4.72 Å². The van der Waals surface area contributed by atoms with Crippen molar-refractivity contribution in [3.05, 3.63) is 41.4 Å². The first kappa shape index (κ1) is 27.8. The fraction of sp³-hybridized carbons (Fsp3) is 0.538. The summed E-state index contributed by atoms with van der Waals surface area (Å²) in [6.07, 6.45) is 0.382. The highest BCUT2D eigenvalue weighted by molar-refractivity contribution is 7.89. The lowest BCUT2D eigenvalue weighted by Crippen LogP contribution is -2.47. The number of halogens is 1. The number of carbonyl (C=O) groups excluding carboxylic acids is 2. The van der Waals surface area contributed by atoms with E-state index in [1.165, 1.54) is 6.07 Å². The summed E-state index contributed by atoms with van der Waals surface area (Å²) in [5.41, 5.74) is 0. The maximum Gasteiger partial charge on any atom is 0.241 e. The Morgan fingerprint density at radius 1 is 1.08 bits per heavy atom. The number of fused-ring (bicyclic) bond motifs is 1. The van der Waals surface area contributed by atoms with E-state index < -0.39 is 16.1 Å². The molecule has 202 valence electrons. The molecule has 2 aromatic rings. The van der Waals surface area contributed by atoms with E-state index in [1.807, 2.05) is 18.7 Å². The first-order valence-electron chi connectivity index (χ1n) is 12.7. The van der Waals surface area contributed by atoms with Gasteiger partial charge in [0.05, 0.1) is 18.1 Å². The first-order chi connectivity index (χ1) is 17.6. The molecule has 37 heavy (non-hydrogen) atoms. The number of ether oxygens (including phenoxy) is 1. The SMILES string of the molecule is CC(C)C(=O)N(CCN1CCOCC1)CCN1CC[C@H](NS(=O)(=O)c2ccc3cc(Cl)ccc3c2)C1=O. The summed E-state index contributed by atoms with van der Waals surface area (Å²) in [6, 6.07) is 9.22. The number of carbonyl (C=O) groups is 2. The molecule has 9 nitrogen and oxygen atoms in total. The van der Waals surface area contributed by atoms with Crippen LogP contribution in [-0.2, 0) is 24.3 Å². The Bertz CT molecular complexity index is 1230. The lowest BCUT2D eigenvalue weighted by atomic mass is 10.1. The van der Waals surface area contributed by atoms with Gasteiger partial charge >= 0.3 is 0 Å². The van der Waals surface area contributed by atoms with Gasteiger partial charge in [-0.15, -0.1) is 0 Å². The molecule has 2 fully saturated rings. The van der Waals surface area contributed by atoms with Crippen molar-refractivity contribution in [2.45, 2.75) is 31.2 Å². The van der Waals surface area contributed by atoms with E-state index in [4.69, 9.17) is 16.3 Å². The minimum Gasteiger partial charge on any atom is -0.379 e. The zero-order valence-corrected chi connectivity index (χ0v) is 22.9. The van der Waals surface area contributed by atoms with Gasteiger partial charge in [-0.05, 0) is 41.5 Å². The Labute approximate surface area is 223 Å². The maximum absolute atomic E-state index is 13.0. The highest BCUT2D eigenvalue weighted by atomic mass is 35.5. The number of nitrogens with zero attached hydrogens (tertiary/aromatic N) is 3. The topological polar surface area (TPSA) is 99.3 Å². The summed E-state index contributed by atoms with van der Waals surface area (Å²) >= 11 is 6.02. The number of morpholine rings is 1. The molecule has 0 bridgehead atoms. The predicted molar refractivity (Wildman–Crippen MR) is 143 cm³/mol. The molecule has 4 rings (SSSR count). The molecule has 2 saturated heterocycles. The van der Waals surface area contributed by atoms with Gasteiger partial charge in [-0.3, -0.25) is 14.5 Å². The monoisotopic (exact) mass is 550 g/mol. The molecular formula is C26H35ClN4O5S. The van der Waals surface area contributed by atoms with E-state index >= 15 is 0 Å². The van der Waals surface area contributed by atoms with Crippen molar-refractivity contribution < 1.29 is 22.7 Å². The molecule has 2 aliphatic rings. The molecule has 0 unspecified atom stereocenters. The maximum atomic E-state index is 13.0. The summed E-state index contributed by atoms with van der Waals surface area (Å²) in [5.74, 6) is -0.354. The quantitative estimate of drug-likeness (QED) is 0.487. The van der Waals surface area contributed by atoms with Crippen LogP contribution in [0.4, 0.5) is 0 Å². The van der Waals surface area contributed by atoms with Gasteiger partial charge in [-0.1, -0.05) is 37.6 Å². The van der Waals surface area contributed by atoms with E-state index in [2.05, 4.69) is 9.62 Å². The Morgan fingerprint density at radius 3 is 2.49 bits per heavy atom. The van der Waals surface area contributed by atoms with Gasteiger partial charge in [-0.2, -0.15) is 4.72 Å². The predicted octanol–water partition coefficient (Wildman–Crippen LogP) is 2.19. The van der Waals surface area contributed by atoms with Crippen LogP contribution in [0.15, 0.2) is 41.3 Å². The number of sulfonamides is 1. The molecular weight excluding hydrogens is 516 g/mol. The number of nitrogens with one attached hydrogen (secondary N) is 1. The minimum atomic E-state index is -3.89. The van der Waals surface area contributed by atoms with Crippen molar-refractivity contribution >= 4 is 44.2 Å². The van der Waals surface area contributed by atoms with Crippen molar-refractivity contribution in [3.63, 3.8) is 0 Å². The molecule has 0 aliphatic carbocycles. The third kappa shape index (κ3) is 7.00. The van der Waals surface area contributed by atoms with Crippen molar-refractivity contribution in [2.24, 2.45) is 5.92 Å². The molecule has 0 saturated carbocycles. The van der Waals surface area contributed by atoms with Crippen LogP contribution in [0.5, 0.6) is 0 Å². The molecule has 11 heteroatoms. The van der Waals surface area contributed by atoms with Crippen molar-refractivity contribution in [3.8, 4) is 0 Å². The zero-order valence-electron chi connectivity index (χ0n) is 21.4. The number of hydrogen-bond acceptors (Lipinski definition) is 6. The van der Waals surface area contributed by atoms with E-state index in [-0.39, 0.29) is 22.6 Å². The van der Waals surface area contributed by atoms with Crippen LogP contribution in [0.1, 0.15) is 20.3 Å². The van der Waals surface area contributed by atoms with E-state index in [1.54, 1.807) is 35.2 Å². The van der Waals surface area contributed by atoms with Gasteiger partial charge in [0.15, 0.2) is 0 Å². The fourth-order valence-corrected chi connectivity index (χ4v) is 6.15. The van der Waals surface area contributed by atoms with Gasteiger partial charge < -0.3 is 14.5 Å². The number of benzene rings is 2. The van der Waals surface area contributed by atoms with E-state index in [0.29, 0.717) is 50.8 Å². The van der Waals surface area contributed by atoms with E-state index in [9.17, 15) is 18.0 Å². The Morgan fingerprint density at radius 2 is 1.76 bits per heavy atom. The number of rotatable bonds is 10. The fourth-order valence-electron chi connectivity index (χ4n) is 4.71. The molecule has 2 amide bonds. The normalized spacial score (nSPS) is 19.2. The first-order valence-corrected chi connectivity index (χ1v) is 14.6. The van der Waals surface area contributed by atoms with Crippen molar-refractivity contribution in [1.29, 1.82) is 0 Å². The van der Waals surface area contributed by atoms with Crippen LogP contribution in [0, 0.1) is 5.92 Å². The third-order valence-corrected chi connectivity index (χ3v) is 8.62. The van der Waals surface area contributed by atoms with Crippen LogP contribution in [0.2, 0.25) is 5.02 Å². The number of hydrogen-bond donors (Lipinski definition) is 1. The molecule has 0 radical (unpaired) electrons. The van der Waals surface area contributed by atoms with Crippen LogP contribution in [-0.4, -0.2) is 100 Å². The zero-order chi connectivity index (χ0) is 26.6. The molecule has 2 aliphatic heterocycles. The van der Waals surface area contributed by atoms with Crippen LogP contribution >= 0.6 is 11.6 Å². The molecule has 1 N–H and O–H groups in total. The average molecular weight is 551 g/mol. The van der Waals surface area contributed by atoms with Gasteiger partial charge in [0.1, 0.15) is 6.04 Å². The lowest BCUT2D eigenvalue weighted by Gasteiger charge is -2.31. The van der Waals surface area contributed by atoms with Gasteiger partial charge in [-0.25, -0.2) is 8.42 Å². The molecule has 1 atom stereocenters. The number of likely N-dealkylation sites (tertiary alicyclic amines) is 1. The van der Waals surface area contributed by atoms with Crippen molar-refractivity contribution in [1.82, 2.24) is 19.4 Å². The molecule has 2 aromatic carbocycles. The standard InChI is InChI=1S/C26H35ClN4O5S/c1-19(2)25(32)31(10-9-29-13-15-36-16-14-29)12-11-30-8-7-24(26(30)33)28-37(34,35)23-6-4-20-17-22(27)5-3-21(20)18-23/h3-6,17-19,24,28H,7-16H2,1-2H3/t24-/m0/s1. The Kier molecular flexibility index (Phi) is 9.07. The third-order valence-electron chi connectivity index (χ3n) is 6.91. The summed E-state index contributed by atoms with van der Waals surface area (Å²) in [4.78, 5) is 31.7. The number of amides is 2. The second-order valence-electron chi connectivity index (χ2n) is 9.88. The average Bonchev–Trinajstić information content (AvgIpc) is 3.22. The molecule has 0 spiro atoms. The second-order valence-corrected chi connectivity index (χ2v) is 12.0. The molecule has 0 aromatic heterocycles. The lowest BCUT2D eigenvalue weighted by molar-refractivity contribution is -0.136. The van der Waals surface area contributed by atoms with Crippen LogP contribution in [0.25, 0.3) is 10.8 Å². The van der Waals surface area contributed by atoms with Gasteiger partial charge in [0.2, 0.25) is 21.8 Å². The van der Waals surface area contributed by atoms with Crippen molar-refractivity contribution in [2.75, 3.05) is 59.0 Å². The minimum absolute atomic E-state index is 0.0507. The largest absolute Gasteiger partial charge is 0.379 e. The highest BCUT2D eigenvalue weighted by Gasteiger charge is 2.35. The summed E-state index contributed by atoms with van der Waals surface area (Å²) in [5, 5.41) is 2.16. The van der Waals surface area contributed by atoms with E-state index in [0.717, 1.165) is 30.4 Å². The summed E-state index contributed by atoms with van der Waals surface area (Å²) in [6.45, 7) is 9.41. The summed E-state index contributed by atoms with van der Waals surface area (Å²) < 4.78 is 34.1. The van der Waals surface area contributed by atoms with Gasteiger partial charge in [0, 0.05) is 56.8 Å². The Balaban J connectivity index is 1.35. The second kappa shape index (κ2) is 12.1. The van der Waals surface area contributed by atoms with Gasteiger partial charge in [0.25, 0.3) is 0 Å². The van der Waals surface area contributed by atoms with Crippen LogP contribution in [0.3, 0.4) is 0 Å². The summed E-state index contributed by atoms with van der Waals surface area (Å²) in [7, 11) is -3.89. The smallest absolute Gasteiger partial charge is 0.241 e. The highest BCUT2D eigenvalue weighted by Crippen LogP contribution is 2.23. The Hall–Kier alpha value is -2.24.